The molecule has 0 bridgehead atoms. The molecule has 2 heterocycles. The van der Waals surface area contributed by atoms with E-state index in [1.807, 2.05) is 21.9 Å². The maximum atomic E-state index is 12.5. The van der Waals surface area contributed by atoms with Crippen molar-refractivity contribution in [3.8, 4) is 5.75 Å². The van der Waals surface area contributed by atoms with Crippen LogP contribution in [0.15, 0.2) is 24.3 Å². The van der Waals surface area contributed by atoms with E-state index in [9.17, 15) is 9.59 Å². The van der Waals surface area contributed by atoms with Crippen molar-refractivity contribution in [2.24, 2.45) is 5.92 Å². The molecule has 2 saturated heterocycles. The second-order valence-corrected chi connectivity index (χ2v) is 8.77. The largest absolute Gasteiger partial charge is 0.497 e. The molecule has 0 unspecified atom stereocenters. The van der Waals surface area contributed by atoms with E-state index in [-0.39, 0.29) is 5.91 Å². The normalized spacial score (nSPS) is 18.5. The van der Waals surface area contributed by atoms with Gasteiger partial charge in [0.25, 0.3) is 0 Å². The van der Waals surface area contributed by atoms with E-state index in [4.69, 9.17) is 4.74 Å². The van der Waals surface area contributed by atoms with Gasteiger partial charge in [-0.2, -0.15) is 0 Å². The average molecular weight is 416 g/mol. The van der Waals surface area contributed by atoms with Crippen LogP contribution in [-0.4, -0.2) is 79.9 Å². The lowest BCUT2D eigenvalue weighted by Crippen LogP contribution is -2.48. The van der Waals surface area contributed by atoms with Crippen LogP contribution < -0.4 is 4.74 Å². The van der Waals surface area contributed by atoms with Gasteiger partial charge < -0.3 is 19.4 Å². The lowest BCUT2D eigenvalue weighted by atomic mass is 9.92. The van der Waals surface area contributed by atoms with Crippen LogP contribution in [0.5, 0.6) is 5.75 Å². The number of amides is 2. The van der Waals surface area contributed by atoms with E-state index >= 15 is 0 Å². The molecule has 2 aliphatic heterocycles. The number of benzene rings is 1. The molecule has 1 aromatic rings. The molecule has 0 aliphatic carbocycles. The van der Waals surface area contributed by atoms with Crippen LogP contribution in [0.3, 0.4) is 0 Å². The number of ether oxygens (including phenoxy) is 1. The summed E-state index contributed by atoms with van der Waals surface area (Å²) < 4.78 is 5.18. The third-order valence-electron chi connectivity index (χ3n) is 6.55. The van der Waals surface area contributed by atoms with Crippen LogP contribution in [0.2, 0.25) is 0 Å². The predicted octanol–water partition coefficient (Wildman–Crippen LogP) is 2.81. The molecule has 0 saturated carbocycles. The molecule has 0 aromatic heterocycles. The molecule has 1 aromatic carbocycles. The van der Waals surface area contributed by atoms with Crippen LogP contribution in [-0.2, 0) is 16.0 Å². The topological polar surface area (TPSA) is 53.1 Å². The van der Waals surface area contributed by atoms with Gasteiger partial charge >= 0.3 is 0 Å². The number of likely N-dealkylation sites (tertiary alicyclic amines) is 1. The Morgan fingerprint density at radius 3 is 2.17 bits per heavy atom. The van der Waals surface area contributed by atoms with Crippen LogP contribution in [0, 0.1) is 5.92 Å². The summed E-state index contributed by atoms with van der Waals surface area (Å²) in [5.74, 6) is 1.87. The fourth-order valence-corrected chi connectivity index (χ4v) is 4.37. The highest BCUT2D eigenvalue weighted by Crippen LogP contribution is 2.23. The summed E-state index contributed by atoms with van der Waals surface area (Å²) in [6, 6.07) is 8.15. The fourth-order valence-electron chi connectivity index (χ4n) is 4.37. The number of methoxy groups -OCH3 is 1. The van der Waals surface area contributed by atoms with Crippen molar-refractivity contribution in [3.05, 3.63) is 29.8 Å². The predicted molar refractivity (Wildman–Crippen MR) is 119 cm³/mol. The lowest BCUT2D eigenvalue weighted by Gasteiger charge is -2.35. The van der Waals surface area contributed by atoms with E-state index in [1.54, 1.807) is 7.11 Å². The number of nitrogens with zero attached hydrogens (tertiary/aromatic N) is 3. The van der Waals surface area contributed by atoms with E-state index < -0.39 is 0 Å². The van der Waals surface area contributed by atoms with Gasteiger partial charge in [-0.05, 0) is 62.8 Å². The maximum Gasteiger partial charge on any atom is 0.222 e. The van der Waals surface area contributed by atoms with Gasteiger partial charge in [-0.3, -0.25) is 9.59 Å². The molecule has 2 amide bonds. The molecule has 30 heavy (non-hydrogen) atoms. The number of carbonyl (C=O) groups is 2. The molecule has 2 fully saturated rings. The van der Waals surface area contributed by atoms with Crippen LogP contribution >= 0.6 is 0 Å². The summed E-state index contributed by atoms with van der Waals surface area (Å²) in [6.45, 7) is 5.25. The monoisotopic (exact) mass is 415 g/mol. The van der Waals surface area contributed by atoms with Gasteiger partial charge in [0.15, 0.2) is 0 Å². The lowest BCUT2D eigenvalue weighted by molar-refractivity contribution is -0.135. The molecular formula is C24H37N3O3. The van der Waals surface area contributed by atoms with Crippen LogP contribution in [0.1, 0.15) is 44.1 Å². The molecule has 0 N–H and O–H groups in total. The van der Waals surface area contributed by atoms with E-state index in [1.165, 1.54) is 5.56 Å². The summed E-state index contributed by atoms with van der Waals surface area (Å²) in [5, 5.41) is 0. The molecule has 3 rings (SSSR count). The Hall–Kier alpha value is -2.08. The molecule has 0 atom stereocenters. The van der Waals surface area contributed by atoms with Gasteiger partial charge in [0.1, 0.15) is 5.75 Å². The van der Waals surface area contributed by atoms with Crippen molar-refractivity contribution in [3.63, 3.8) is 0 Å². The van der Waals surface area contributed by atoms with Crippen LogP contribution in [0.4, 0.5) is 0 Å². The Kier molecular flexibility index (Phi) is 8.55. The first-order valence-corrected chi connectivity index (χ1v) is 11.4. The molecule has 2 aliphatic rings. The zero-order chi connectivity index (χ0) is 21.3. The summed E-state index contributed by atoms with van der Waals surface area (Å²) in [6.07, 6.45) is 6.12. The van der Waals surface area contributed by atoms with Crippen molar-refractivity contribution in [2.75, 3.05) is 53.4 Å². The Balaban J connectivity index is 1.29. The van der Waals surface area contributed by atoms with Gasteiger partial charge in [-0.15, -0.1) is 0 Å². The van der Waals surface area contributed by atoms with Crippen molar-refractivity contribution >= 4 is 11.8 Å². The summed E-state index contributed by atoms with van der Waals surface area (Å²) in [7, 11) is 3.78. The number of likely N-dealkylation sites (N-methyl/N-ethyl adjacent to an activating group) is 1. The van der Waals surface area contributed by atoms with E-state index in [0.717, 1.165) is 77.1 Å². The standard InChI is InChI=1S/C24H37N3O3/c1-25-15-17-27(18-16-25)24(29)19-21-11-13-26(14-12-21)23(28)6-4-3-5-20-7-9-22(30-2)10-8-20/h7-10,21H,3-6,11-19H2,1-2H3. The Labute approximate surface area is 181 Å². The molecule has 6 heteroatoms. The van der Waals surface area contributed by atoms with E-state index in [0.29, 0.717) is 24.7 Å². The minimum Gasteiger partial charge on any atom is -0.497 e. The highest BCUT2D eigenvalue weighted by Gasteiger charge is 2.26. The highest BCUT2D eigenvalue weighted by molar-refractivity contribution is 5.77. The quantitative estimate of drug-likeness (QED) is 0.613. The molecule has 6 nitrogen and oxygen atoms in total. The third kappa shape index (κ3) is 6.73. The fraction of sp³-hybridized carbons (Fsp3) is 0.667. The molecular weight excluding hydrogens is 378 g/mol. The Bertz CT molecular complexity index is 675. The van der Waals surface area contributed by atoms with Gasteiger partial charge in [-0.25, -0.2) is 0 Å². The van der Waals surface area contributed by atoms with Gasteiger partial charge in [0.05, 0.1) is 7.11 Å². The molecule has 0 spiro atoms. The number of piperidine rings is 1. The maximum absolute atomic E-state index is 12.5. The highest BCUT2D eigenvalue weighted by atomic mass is 16.5. The van der Waals surface area contributed by atoms with Gasteiger partial charge in [0.2, 0.25) is 11.8 Å². The third-order valence-corrected chi connectivity index (χ3v) is 6.55. The van der Waals surface area contributed by atoms with Crippen molar-refractivity contribution in [1.29, 1.82) is 0 Å². The number of carbonyl (C=O) groups excluding carboxylic acids is 2. The number of aryl methyl sites for hydroxylation is 1. The number of hydrogen-bond acceptors (Lipinski definition) is 4. The van der Waals surface area contributed by atoms with E-state index in [2.05, 4.69) is 24.1 Å². The number of unbranched alkanes of at least 4 members (excludes halogenated alkanes) is 1. The zero-order valence-electron chi connectivity index (χ0n) is 18.6. The number of hydrogen-bond donors (Lipinski definition) is 0. The minimum absolute atomic E-state index is 0.272. The molecule has 166 valence electrons. The van der Waals surface area contributed by atoms with Crippen LogP contribution in [0.25, 0.3) is 0 Å². The van der Waals surface area contributed by atoms with Gasteiger partial charge in [0, 0.05) is 52.1 Å². The van der Waals surface area contributed by atoms with Crippen molar-refractivity contribution in [2.45, 2.75) is 44.9 Å². The number of piperazine rings is 1. The summed E-state index contributed by atoms with van der Waals surface area (Å²) in [4.78, 5) is 31.4. The Morgan fingerprint density at radius 1 is 0.900 bits per heavy atom. The smallest absolute Gasteiger partial charge is 0.222 e. The second-order valence-electron chi connectivity index (χ2n) is 8.77. The summed E-state index contributed by atoms with van der Waals surface area (Å²) in [5.41, 5.74) is 1.29. The average Bonchev–Trinajstić information content (AvgIpc) is 2.78. The SMILES string of the molecule is COc1ccc(CCCCC(=O)N2CCC(CC(=O)N3CCN(C)CC3)CC2)cc1. The first-order chi connectivity index (χ1) is 14.5. The first-order valence-electron chi connectivity index (χ1n) is 11.4. The minimum atomic E-state index is 0.272. The first kappa shape index (κ1) is 22.6. The van der Waals surface area contributed by atoms with Gasteiger partial charge in [-0.1, -0.05) is 12.1 Å². The van der Waals surface area contributed by atoms with Crippen molar-refractivity contribution < 1.29 is 14.3 Å². The zero-order valence-corrected chi connectivity index (χ0v) is 18.6. The number of rotatable bonds is 8. The summed E-state index contributed by atoms with van der Waals surface area (Å²) >= 11 is 0. The van der Waals surface area contributed by atoms with Crippen molar-refractivity contribution in [1.82, 2.24) is 14.7 Å². The Morgan fingerprint density at radius 2 is 1.53 bits per heavy atom. The molecule has 0 radical (unpaired) electrons. The second kappa shape index (κ2) is 11.3.